The van der Waals surface area contributed by atoms with Gasteiger partial charge in [-0.1, -0.05) is 0 Å². The Hall–Kier alpha value is -4.02. The smallest absolute Gasteiger partial charge is 0.421 e. The maximum Gasteiger partial charge on any atom is 0.421 e. The number of alkyl halides is 3. The zero-order valence-corrected chi connectivity index (χ0v) is 17.5. The summed E-state index contributed by atoms with van der Waals surface area (Å²) in [6, 6.07) is 10.9. The highest BCUT2D eigenvalue weighted by Gasteiger charge is 2.35. The van der Waals surface area contributed by atoms with Gasteiger partial charge in [-0.25, -0.2) is 9.97 Å². The van der Waals surface area contributed by atoms with Gasteiger partial charge in [0.05, 0.1) is 12.9 Å². The van der Waals surface area contributed by atoms with Gasteiger partial charge >= 0.3 is 6.18 Å². The molecule has 3 heterocycles. The number of aromatic amines is 1. The van der Waals surface area contributed by atoms with E-state index in [9.17, 15) is 13.2 Å². The summed E-state index contributed by atoms with van der Waals surface area (Å²) in [6.07, 6.45) is 3.72. The lowest BCUT2D eigenvalue weighted by Crippen LogP contribution is -2.16. The first-order valence-electron chi connectivity index (χ1n) is 10.2. The van der Waals surface area contributed by atoms with E-state index in [-0.39, 0.29) is 18.3 Å². The van der Waals surface area contributed by atoms with Crippen LogP contribution in [0.15, 0.2) is 67.5 Å². The number of rotatable bonds is 10. The third-order valence-corrected chi connectivity index (χ3v) is 4.73. The van der Waals surface area contributed by atoms with Gasteiger partial charge in [-0.3, -0.25) is 0 Å². The minimum atomic E-state index is -4.57. The molecule has 0 saturated carbocycles. The fourth-order valence-corrected chi connectivity index (χ4v) is 3.07. The molecule has 1 aromatic carbocycles. The molecule has 0 unspecified atom stereocenters. The van der Waals surface area contributed by atoms with Crippen molar-refractivity contribution in [1.29, 1.82) is 0 Å². The summed E-state index contributed by atoms with van der Waals surface area (Å²) in [4.78, 5) is 14.7. The summed E-state index contributed by atoms with van der Waals surface area (Å²) in [5.74, 6) is 0.444. The van der Waals surface area contributed by atoms with Gasteiger partial charge in [-0.15, -0.1) is 0 Å². The molecule has 3 N–H and O–H groups in total. The van der Waals surface area contributed by atoms with E-state index in [0.717, 1.165) is 18.4 Å². The molecular weight excluding hydrogens is 435 g/mol. The highest BCUT2D eigenvalue weighted by molar-refractivity contribution is 5.57. The number of aromatic nitrogens is 5. The molecule has 33 heavy (non-hydrogen) atoms. The molecule has 0 bridgehead atoms. The van der Waals surface area contributed by atoms with Gasteiger partial charge in [0.25, 0.3) is 0 Å². The number of nitrogens with zero attached hydrogens (tertiary/aromatic N) is 4. The lowest BCUT2D eigenvalue weighted by Gasteiger charge is -2.15. The molecule has 4 rings (SSSR count). The van der Waals surface area contributed by atoms with Crippen LogP contribution in [0.25, 0.3) is 0 Å². The van der Waals surface area contributed by atoms with Crippen molar-refractivity contribution in [3.63, 3.8) is 0 Å². The molecule has 3 aromatic heterocycles. The van der Waals surface area contributed by atoms with Crippen LogP contribution in [0.4, 0.5) is 30.6 Å². The van der Waals surface area contributed by atoms with E-state index in [2.05, 4.69) is 30.6 Å². The van der Waals surface area contributed by atoms with Crippen molar-refractivity contribution in [2.24, 2.45) is 0 Å². The summed E-state index contributed by atoms with van der Waals surface area (Å²) in [5.41, 5.74) is 0.499. The second-order valence-electron chi connectivity index (χ2n) is 7.13. The predicted octanol–water partition coefficient (Wildman–Crippen LogP) is 4.50. The topological polar surface area (TPSA) is 92.7 Å². The average molecular weight is 457 g/mol. The maximum atomic E-state index is 13.4. The molecule has 11 heteroatoms. The van der Waals surface area contributed by atoms with E-state index in [0.29, 0.717) is 24.5 Å². The van der Waals surface area contributed by atoms with Crippen LogP contribution in [-0.4, -0.2) is 37.7 Å². The molecule has 4 aromatic rings. The van der Waals surface area contributed by atoms with Crippen LogP contribution in [0, 0.1) is 0 Å². The number of anilines is 3. The molecule has 0 aliphatic rings. The van der Waals surface area contributed by atoms with Crippen molar-refractivity contribution in [3.8, 4) is 5.75 Å². The number of hydrogen-bond acceptors (Lipinski definition) is 6. The number of ether oxygens (including phenoxy) is 1. The summed E-state index contributed by atoms with van der Waals surface area (Å²) in [6.45, 7) is 1.48. The van der Waals surface area contributed by atoms with Gasteiger partial charge in [-0.05, 0) is 36.4 Å². The van der Waals surface area contributed by atoms with Gasteiger partial charge in [0.2, 0.25) is 5.95 Å². The van der Waals surface area contributed by atoms with Crippen LogP contribution in [0.5, 0.6) is 5.75 Å². The molecule has 0 amide bonds. The Bertz CT molecular complexity index is 1130. The fourth-order valence-electron chi connectivity index (χ4n) is 3.07. The Kier molecular flexibility index (Phi) is 6.77. The summed E-state index contributed by atoms with van der Waals surface area (Å²) < 4.78 is 47.8. The Balaban J connectivity index is 1.38. The highest BCUT2D eigenvalue weighted by atomic mass is 19.4. The Labute approximate surface area is 187 Å². The predicted molar refractivity (Wildman–Crippen MR) is 117 cm³/mol. The van der Waals surface area contributed by atoms with Crippen LogP contribution in [0.2, 0.25) is 0 Å². The molecule has 0 aliphatic heterocycles. The molecule has 0 saturated heterocycles. The molecule has 0 spiro atoms. The molecule has 0 fully saturated rings. The minimum Gasteiger partial charge on any atom is -0.492 e. The standard InChI is InChI=1S/C22H22F3N7O/c23-22(24,25)19-14-28-21(31-20(19)27-8-7-17-13-26-15-29-17)30-16-3-5-18(6-4-16)33-12-11-32-9-1-2-10-32/h1-6,9-10,13-15H,7-8,11-12H2,(H,26,29)(H2,27,28,30,31). The van der Waals surface area contributed by atoms with Gasteiger partial charge in [-0.2, -0.15) is 18.2 Å². The zero-order chi connectivity index (χ0) is 23.1. The number of nitrogens with one attached hydrogen (secondary N) is 3. The van der Waals surface area contributed by atoms with Gasteiger partial charge in [0.1, 0.15) is 23.7 Å². The van der Waals surface area contributed by atoms with E-state index in [1.165, 1.54) is 6.33 Å². The molecule has 172 valence electrons. The lowest BCUT2D eigenvalue weighted by molar-refractivity contribution is -0.137. The number of benzene rings is 1. The molecule has 0 aliphatic carbocycles. The number of halogens is 3. The third kappa shape index (κ3) is 6.25. The maximum absolute atomic E-state index is 13.4. The molecule has 0 radical (unpaired) electrons. The van der Waals surface area contributed by atoms with Crippen LogP contribution < -0.4 is 15.4 Å². The van der Waals surface area contributed by atoms with Crippen molar-refractivity contribution in [2.45, 2.75) is 19.1 Å². The van der Waals surface area contributed by atoms with Crippen LogP contribution in [0.1, 0.15) is 11.3 Å². The summed E-state index contributed by atoms with van der Waals surface area (Å²) >= 11 is 0. The quantitative estimate of drug-likeness (QED) is 0.325. The van der Waals surface area contributed by atoms with E-state index in [4.69, 9.17) is 4.74 Å². The average Bonchev–Trinajstić information content (AvgIpc) is 3.49. The summed E-state index contributed by atoms with van der Waals surface area (Å²) in [7, 11) is 0. The van der Waals surface area contributed by atoms with Crippen molar-refractivity contribution >= 4 is 17.5 Å². The van der Waals surface area contributed by atoms with Gasteiger partial charge in [0, 0.05) is 49.1 Å². The first-order valence-corrected chi connectivity index (χ1v) is 10.2. The highest BCUT2D eigenvalue weighted by Crippen LogP contribution is 2.34. The molecule has 0 atom stereocenters. The zero-order valence-electron chi connectivity index (χ0n) is 17.5. The second-order valence-corrected chi connectivity index (χ2v) is 7.13. The molecule has 8 nitrogen and oxygen atoms in total. The minimum absolute atomic E-state index is 0.0494. The first kappa shape index (κ1) is 22.2. The van der Waals surface area contributed by atoms with Crippen molar-refractivity contribution in [2.75, 3.05) is 23.8 Å². The monoisotopic (exact) mass is 457 g/mol. The van der Waals surface area contributed by atoms with E-state index in [1.54, 1.807) is 30.5 Å². The summed E-state index contributed by atoms with van der Waals surface area (Å²) in [5, 5.41) is 5.67. The third-order valence-electron chi connectivity index (χ3n) is 4.73. The first-order chi connectivity index (χ1) is 16.0. The van der Waals surface area contributed by atoms with E-state index >= 15 is 0 Å². The number of imidazole rings is 1. The van der Waals surface area contributed by atoms with E-state index < -0.39 is 11.7 Å². The van der Waals surface area contributed by atoms with Crippen LogP contribution in [0.3, 0.4) is 0 Å². The van der Waals surface area contributed by atoms with Crippen molar-refractivity contribution in [1.82, 2.24) is 24.5 Å². The fraction of sp³-hybridized carbons (Fsp3) is 0.227. The van der Waals surface area contributed by atoms with Crippen LogP contribution in [-0.2, 0) is 19.1 Å². The van der Waals surface area contributed by atoms with Crippen LogP contribution >= 0.6 is 0 Å². The normalized spacial score (nSPS) is 11.4. The molecular formula is C22H22F3N7O. The van der Waals surface area contributed by atoms with Gasteiger partial charge in [0.15, 0.2) is 0 Å². The lowest BCUT2D eigenvalue weighted by atomic mass is 10.2. The van der Waals surface area contributed by atoms with Crippen molar-refractivity contribution in [3.05, 3.63) is 78.8 Å². The Morgan fingerprint density at radius 3 is 2.55 bits per heavy atom. The number of H-pyrrole nitrogens is 1. The van der Waals surface area contributed by atoms with Crippen molar-refractivity contribution < 1.29 is 17.9 Å². The largest absolute Gasteiger partial charge is 0.492 e. The second kappa shape index (κ2) is 10.1. The number of hydrogen-bond donors (Lipinski definition) is 3. The van der Waals surface area contributed by atoms with E-state index in [1.807, 2.05) is 29.1 Å². The van der Waals surface area contributed by atoms with Gasteiger partial charge < -0.3 is 24.9 Å². The Morgan fingerprint density at radius 2 is 1.85 bits per heavy atom. The SMILES string of the molecule is FC(F)(F)c1cnc(Nc2ccc(OCCn3cccc3)cc2)nc1NCCc1cnc[nH]1. The Morgan fingerprint density at radius 1 is 1.06 bits per heavy atom.